The van der Waals surface area contributed by atoms with Crippen molar-refractivity contribution in [2.75, 3.05) is 10.6 Å². The zero-order chi connectivity index (χ0) is 20.7. The summed E-state index contributed by atoms with van der Waals surface area (Å²) in [5.41, 5.74) is 5.15. The van der Waals surface area contributed by atoms with Gasteiger partial charge in [-0.25, -0.2) is 0 Å². The van der Waals surface area contributed by atoms with E-state index in [4.69, 9.17) is 0 Å². The number of hydrogen-bond acceptors (Lipinski definition) is 6. The monoisotopic (exact) mass is 379 g/mol. The van der Waals surface area contributed by atoms with Gasteiger partial charge in [-0.05, 0) is 52.1 Å². The Labute approximate surface area is 164 Å². The van der Waals surface area contributed by atoms with E-state index >= 15 is 0 Å². The third kappa shape index (κ3) is 3.36. The molecule has 1 aliphatic rings. The van der Waals surface area contributed by atoms with Crippen LogP contribution < -0.4 is 10.6 Å². The van der Waals surface area contributed by atoms with Gasteiger partial charge in [-0.3, -0.25) is 4.79 Å². The molecule has 1 heterocycles. The number of nitrogens with zero attached hydrogens (tertiary/aromatic N) is 4. The van der Waals surface area contributed by atoms with Crippen LogP contribution in [0.3, 0.4) is 0 Å². The van der Waals surface area contributed by atoms with Crippen molar-refractivity contribution in [3.05, 3.63) is 34.8 Å². The standard InChI is InChI=1S/C20H25N7O/c1-11-15(23-12(2)28)7-14-16(20(5,6)10-19(14,3)4)17(11)22-9-13(8-21)18-24-26-27-25-18/h7,9,22H,10H2,1-6H3,(H,23,28)(H,24,25,26,27). The van der Waals surface area contributed by atoms with Crippen molar-refractivity contribution in [1.29, 1.82) is 5.26 Å². The fraction of sp³-hybridized carbons (Fsp3) is 0.450. The molecule has 28 heavy (non-hydrogen) atoms. The number of fused-ring (bicyclic) bond motifs is 1. The zero-order valence-corrected chi connectivity index (χ0v) is 17.1. The molecule has 0 saturated carbocycles. The predicted molar refractivity (Wildman–Crippen MR) is 108 cm³/mol. The molecule has 8 heteroatoms. The molecule has 2 aromatic rings. The van der Waals surface area contributed by atoms with Crippen LogP contribution in [-0.4, -0.2) is 26.5 Å². The maximum Gasteiger partial charge on any atom is 0.221 e. The van der Waals surface area contributed by atoms with Crippen molar-refractivity contribution in [1.82, 2.24) is 20.6 Å². The number of nitrogens with one attached hydrogen (secondary N) is 3. The fourth-order valence-electron chi connectivity index (χ4n) is 4.37. The molecule has 0 radical (unpaired) electrons. The lowest BCUT2D eigenvalue weighted by atomic mass is 9.81. The van der Waals surface area contributed by atoms with Gasteiger partial charge in [0.1, 0.15) is 11.6 Å². The number of rotatable bonds is 4. The molecular formula is C20H25N7O. The lowest BCUT2D eigenvalue weighted by molar-refractivity contribution is -0.114. The Morgan fingerprint density at radius 3 is 2.61 bits per heavy atom. The molecule has 0 unspecified atom stereocenters. The molecule has 1 amide bonds. The third-order valence-electron chi connectivity index (χ3n) is 5.26. The van der Waals surface area contributed by atoms with Gasteiger partial charge in [0, 0.05) is 24.5 Å². The van der Waals surface area contributed by atoms with Crippen LogP contribution in [0.2, 0.25) is 0 Å². The summed E-state index contributed by atoms with van der Waals surface area (Å²) in [6, 6.07) is 4.17. The van der Waals surface area contributed by atoms with Crippen molar-refractivity contribution in [3.63, 3.8) is 0 Å². The molecule has 146 valence electrons. The van der Waals surface area contributed by atoms with E-state index in [2.05, 4.69) is 71.1 Å². The van der Waals surface area contributed by atoms with Crippen molar-refractivity contribution >= 4 is 22.9 Å². The third-order valence-corrected chi connectivity index (χ3v) is 5.26. The largest absolute Gasteiger partial charge is 0.360 e. The van der Waals surface area contributed by atoms with Crippen LogP contribution in [-0.2, 0) is 15.6 Å². The number of amides is 1. The van der Waals surface area contributed by atoms with Gasteiger partial charge in [0.15, 0.2) is 0 Å². The Morgan fingerprint density at radius 1 is 1.32 bits per heavy atom. The summed E-state index contributed by atoms with van der Waals surface area (Å²) in [5.74, 6) is 0.103. The van der Waals surface area contributed by atoms with E-state index in [9.17, 15) is 10.1 Å². The Morgan fingerprint density at radius 2 is 2.04 bits per heavy atom. The molecule has 1 aromatic carbocycles. The van der Waals surface area contributed by atoms with Crippen LogP contribution in [0, 0.1) is 18.3 Å². The topological polar surface area (TPSA) is 119 Å². The van der Waals surface area contributed by atoms with Crippen molar-refractivity contribution < 1.29 is 4.79 Å². The summed E-state index contributed by atoms with van der Waals surface area (Å²) in [6.07, 6.45) is 2.57. The van der Waals surface area contributed by atoms with Crippen LogP contribution in [0.15, 0.2) is 12.3 Å². The van der Waals surface area contributed by atoms with Gasteiger partial charge >= 0.3 is 0 Å². The Kier molecular flexibility index (Phi) is 4.71. The second kappa shape index (κ2) is 6.75. The van der Waals surface area contributed by atoms with Crippen LogP contribution in [0.5, 0.6) is 0 Å². The lowest BCUT2D eigenvalue weighted by Crippen LogP contribution is -2.18. The van der Waals surface area contributed by atoms with E-state index in [0.717, 1.165) is 23.4 Å². The minimum absolute atomic E-state index is 0.0361. The van der Waals surface area contributed by atoms with E-state index in [1.807, 2.05) is 6.92 Å². The molecule has 8 nitrogen and oxygen atoms in total. The molecule has 1 aliphatic carbocycles. The number of H-pyrrole nitrogens is 1. The maximum absolute atomic E-state index is 11.7. The normalized spacial score (nSPS) is 17.0. The van der Waals surface area contributed by atoms with Crippen molar-refractivity contribution in [2.24, 2.45) is 0 Å². The Bertz CT molecular complexity index is 995. The number of hydrogen-bond donors (Lipinski definition) is 3. The first-order valence-electron chi connectivity index (χ1n) is 9.13. The molecule has 0 atom stereocenters. The number of benzene rings is 1. The smallest absolute Gasteiger partial charge is 0.221 e. The number of allylic oxidation sites excluding steroid dienone is 1. The van der Waals surface area contributed by atoms with E-state index < -0.39 is 0 Å². The number of nitriles is 1. The Hall–Kier alpha value is -3.21. The molecular weight excluding hydrogens is 354 g/mol. The molecule has 1 aromatic heterocycles. The average molecular weight is 379 g/mol. The molecule has 0 bridgehead atoms. The molecule has 3 rings (SSSR count). The average Bonchev–Trinajstić information content (AvgIpc) is 3.16. The molecule has 0 aliphatic heterocycles. The minimum Gasteiger partial charge on any atom is -0.360 e. The second-order valence-electron chi connectivity index (χ2n) is 8.52. The van der Waals surface area contributed by atoms with Crippen molar-refractivity contribution in [2.45, 2.75) is 58.8 Å². The molecule has 0 saturated heterocycles. The van der Waals surface area contributed by atoms with Gasteiger partial charge in [0.2, 0.25) is 11.7 Å². The number of aromatic nitrogens is 4. The lowest BCUT2D eigenvalue weighted by Gasteiger charge is -2.25. The quantitative estimate of drug-likeness (QED) is 0.700. The first kappa shape index (κ1) is 19.5. The van der Waals surface area contributed by atoms with Gasteiger partial charge in [-0.15, -0.1) is 10.2 Å². The summed E-state index contributed by atoms with van der Waals surface area (Å²) < 4.78 is 0. The number of carbonyl (C=O) groups excluding carboxylic acids is 1. The van der Waals surface area contributed by atoms with Gasteiger partial charge in [0.05, 0.1) is 0 Å². The number of carbonyl (C=O) groups is 1. The van der Waals surface area contributed by atoms with Crippen LogP contribution in [0.1, 0.15) is 63.6 Å². The van der Waals surface area contributed by atoms with Gasteiger partial charge < -0.3 is 10.6 Å². The summed E-state index contributed by atoms with van der Waals surface area (Å²) in [7, 11) is 0. The van der Waals surface area contributed by atoms with Crippen LogP contribution in [0.4, 0.5) is 11.4 Å². The van der Waals surface area contributed by atoms with Crippen molar-refractivity contribution in [3.8, 4) is 6.07 Å². The minimum atomic E-state index is -0.121. The highest BCUT2D eigenvalue weighted by Gasteiger charge is 2.44. The van der Waals surface area contributed by atoms with Gasteiger partial charge in [-0.1, -0.05) is 27.7 Å². The summed E-state index contributed by atoms with van der Waals surface area (Å²) in [5, 5.41) is 29.3. The highest BCUT2D eigenvalue weighted by molar-refractivity contribution is 5.92. The summed E-state index contributed by atoms with van der Waals surface area (Å²) >= 11 is 0. The number of anilines is 2. The van der Waals surface area contributed by atoms with E-state index in [-0.39, 0.29) is 28.1 Å². The van der Waals surface area contributed by atoms with Crippen LogP contribution >= 0.6 is 0 Å². The SMILES string of the molecule is CC(=O)Nc1cc2c(c(NC=C(C#N)c3nn[nH]n3)c1C)C(C)(C)CC2(C)C. The van der Waals surface area contributed by atoms with Gasteiger partial charge in [0.25, 0.3) is 0 Å². The molecule has 3 N–H and O–H groups in total. The highest BCUT2D eigenvalue weighted by atomic mass is 16.1. The van der Waals surface area contributed by atoms with E-state index in [1.54, 1.807) is 6.20 Å². The van der Waals surface area contributed by atoms with Crippen LogP contribution in [0.25, 0.3) is 5.57 Å². The van der Waals surface area contributed by atoms with E-state index in [1.165, 1.54) is 18.1 Å². The number of aromatic amines is 1. The zero-order valence-electron chi connectivity index (χ0n) is 17.1. The van der Waals surface area contributed by atoms with Gasteiger partial charge in [-0.2, -0.15) is 10.5 Å². The summed E-state index contributed by atoms with van der Waals surface area (Å²) in [4.78, 5) is 11.7. The summed E-state index contributed by atoms with van der Waals surface area (Å²) in [6.45, 7) is 12.3. The first-order valence-corrected chi connectivity index (χ1v) is 9.13. The fourth-order valence-corrected chi connectivity index (χ4v) is 4.37. The first-order chi connectivity index (χ1) is 13.1. The second-order valence-corrected chi connectivity index (χ2v) is 8.52. The highest BCUT2D eigenvalue weighted by Crippen LogP contribution is 2.54. The molecule has 0 fully saturated rings. The van der Waals surface area contributed by atoms with E-state index in [0.29, 0.717) is 0 Å². The molecule has 0 spiro atoms. The maximum atomic E-state index is 11.7. The Balaban J connectivity index is 2.18. The predicted octanol–water partition coefficient (Wildman–Crippen LogP) is 3.40. The number of tetrazole rings is 1.